The van der Waals surface area contributed by atoms with Crippen LogP contribution in [0.2, 0.25) is 0 Å². The largest absolute Gasteiger partial charge is 0.399 e. The molecule has 1 aromatic carbocycles. The first-order valence-electron chi connectivity index (χ1n) is 5.19. The fourth-order valence-electron chi connectivity index (χ4n) is 1.19. The molecule has 7 nitrogen and oxygen atoms in total. The fourth-order valence-corrected chi connectivity index (χ4v) is 4.13. The molecule has 0 saturated heterocycles. The predicted octanol–water partition coefficient (Wildman–Crippen LogP) is 1.05. The molecule has 0 spiro atoms. The number of benzene rings is 1. The van der Waals surface area contributed by atoms with Crippen LogP contribution in [0, 0.1) is 0 Å². The van der Waals surface area contributed by atoms with E-state index in [-0.39, 0.29) is 10.9 Å². The third-order valence-corrected chi connectivity index (χ3v) is 5.20. The first-order chi connectivity index (χ1) is 9.05. The zero-order valence-corrected chi connectivity index (χ0v) is 12.1. The molecule has 1 aromatic heterocycles. The topological polar surface area (TPSA) is 111 Å². The van der Waals surface area contributed by atoms with Gasteiger partial charge in [-0.2, -0.15) is 0 Å². The van der Waals surface area contributed by atoms with Crippen molar-refractivity contribution in [3.63, 3.8) is 0 Å². The van der Waals surface area contributed by atoms with Gasteiger partial charge in [-0.15, -0.1) is 11.8 Å². The van der Waals surface area contributed by atoms with Crippen LogP contribution in [-0.4, -0.2) is 34.7 Å². The van der Waals surface area contributed by atoms with Crippen LogP contribution in [0.1, 0.15) is 0 Å². The average Bonchev–Trinajstić information content (AvgIpc) is 2.83. The maximum absolute atomic E-state index is 11.7. The maximum atomic E-state index is 11.7. The van der Waals surface area contributed by atoms with Crippen LogP contribution in [0.5, 0.6) is 0 Å². The van der Waals surface area contributed by atoms with E-state index in [1.54, 1.807) is 12.1 Å². The quantitative estimate of drug-likeness (QED) is 0.605. The summed E-state index contributed by atoms with van der Waals surface area (Å²) in [6, 6.07) is 7.27. The van der Waals surface area contributed by atoms with Crippen LogP contribution in [0.3, 0.4) is 0 Å². The Morgan fingerprint density at radius 1 is 1.32 bits per heavy atom. The molecule has 2 aromatic rings. The number of aromatic nitrogens is 3. The van der Waals surface area contributed by atoms with Crippen molar-refractivity contribution >= 4 is 44.1 Å². The highest BCUT2D eigenvalue weighted by atomic mass is 32.2. The van der Waals surface area contributed by atoms with Gasteiger partial charge in [0.25, 0.3) is 0 Å². The molecule has 0 saturated carbocycles. The van der Waals surface area contributed by atoms with E-state index in [4.69, 9.17) is 5.73 Å². The molecule has 0 radical (unpaired) electrons. The summed E-state index contributed by atoms with van der Waals surface area (Å²) in [6.45, 7) is 0. The first kappa shape index (κ1) is 14.0. The normalized spacial score (nSPS) is 11.4. The van der Waals surface area contributed by atoms with E-state index in [0.29, 0.717) is 11.4 Å². The zero-order chi connectivity index (χ0) is 13.7. The molecule has 0 amide bonds. The number of hydrogen-bond acceptors (Lipinski definition) is 8. The van der Waals surface area contributed by atoms with Crippen molar-refractivity contribution in [2.45, 2.75) is 4.90 Å². The summed E-state index contributed by atoms with van der Waals surface area (Å²) >= 11 is 2.34. The van der Waals surface area contributed by atoms with Crippen LogP contribution < -0.4 is 10.5 Å². The van der Waals surface area contributed by atoms with Crippen molar-refractivity contribution < 1.29 is 8.42 Å². The fraction of sp³-hybridized carbons (Fsp3) is 0.222. The summed E-state index contributed by atoms with van der Waals surface area (Å²) in [4.78, 5) is 0.974. The number of nitrogens with one attached hydrogen (secondary N) is 1. The number of rotatable bonds is 6. The van der Waals surface area contributed by atoms with Crippen LogP contribution in [-0.2, 0) is 10.0 Å². The Morgan fingerprint density at radius 3 is 2.68 bits per heavy atom. The maximum Gasteiger partial charge on any atom is 0.238 e. The summed E-state index contributed by atoms with van der Waals surface area (Å²) in [5.74, 6) is 0.424. The van der Waals surface area contributed by atoms with Gasteiger partial charge in [0.2, 0.25) is 15.2 Å². The van der Waals surface area contributed by atoms with Crippen LogP contribution in [0.15, 0.2) is 29.2 Å². The monoisotopic (exact) mass is 317 g/mol. The SMILES string of the molecule is Nc1ccc(SCCS(=O)(=O)Nc2nnns2)cc1. The highest BCUT2D eigenvalue weighted by Crippen LogP contribution is 2.19. The Morgan fingerprint density at radius 2 is 2.05 bits per heavy atom. The minimum absolute atomic E-state index is 0.0123. The van der Waals surface area contributed by atoms with E-state index >= 15 is 0 Å². The van der Waals surface area contributed by atoms with E-state index in [9.17, 15) is 8.42 Å². The molecule has 0 aliphatic heterocycles. The number of nitrogen functional groups attached to an aromatic ring is 1. The molecule has 1 heterocycles. The van der Waals surface area contributed by atoms with Gasteiger partial charge in [-0.25, -0.2) is 8.42 Å². The van der Waals surface area contributed by atoms with E-state index in [0.717, 1.165) is 16.4 Å². The van der Waals surface area contributed by atoms with Gasteiger partial charge in [-0.3, -0.25) is 4.72 Å². The molecular weight excluding hydrogens is 306 g/mol. The lowest BCUT2D eigenvalue weighted by Crippen LogP contribution is -2.18. The summed E-state index contributed by atoms with van der Waals surface area (Å²) in [5, 5.41) is 7.02. The predicted molar refractivity (Wildman–Crippen MR) is 76.7 cm³/mol. The van der Waals surface area contributed by atoms with E-state index in [1.807, 2.05) is 12.1 Å². The lowest BCUT2D eigenvalue weighted by atomic mass is 10.3. The molecule has 0 unspecified atom stereocenters. The molecule has 0 aliphatic carbocycles. The van der Waals surface area contributed by atoms with Crippen molar-refractivity contribution in [2.75, 3.05) is 22.0 Å². The van der Waals surface area contributed by atoms with Gasteiger partial charge in [0.05, 0.1) is 5.75 Å². The zero-order valence-electron chi connectivity index (χ0n) is 9.68. The number of thioether (sulfide) groups is 1. The second kappa shape index (κ2) is 6.17. The number of sulfonamides is 1. The minimum Gasteiger partial charge on any atom is -0.399 e. The molecule has 3 N–H and O–H groups in total. The Balaban J connectivity index is 1.83. The lowest BCUT2D eigenvalue weighted by molar-refractivity contribution is 0.602. The molecule has 0 fully saturated rings. The highest BCUT2D eigenvalue weighted by Gasteiger charge is 2.12. The number of hydrogen-bond donors (Lipinski definition) is 2. The number of nitrogens with two attached hydrogens (primary N) is 1. The van der Waals surface area contributed by atoms with Crippen LogP contribution >= 0.6 is 23.3 Å². The Hall–Kier alpha value is -1.39. The van der Waals surface area contributed by atoms with Gasteiger partial charge >= 0.3 is 0 Å². The third-order valence-electron chi connectivity index (χ3n) is 2.04. The Labute approximate surface area is 118 Å². The lowest BCUT2D eigenvalue weighted by Gasteiger charge is -2.04. The van der Waals surface area contributed by atoms with Crippen molar-refractivity contribution in [3.8, 4) is 0 Å². The van der Waals surface area contributed by atoms with Gasteiger partial charge in [0.1, 0.15) is 0 Å². The summed E-state index contributed by atoms with van der Waals surface area (Å²) < 4.78 is 29.2. The van der Waals surface area contributed by atoms with Gasteiger partial charge in [-0.05, 0) is 29.5 Å². The molecule has 0 aliphatic rings. The second-order valence-electron chi connectivity index (χ2n) is 3.51. The summed E-state index contributed by atoms with van der Waals surface area (Å²) in [7, 11) is -3.41. The van der Waals surface area contributed by atoms with Gasteiger partial charge < -0.3 is 5.73 Å². The number of nitrogens with zero attached hydrogens (tertiary/aromatic N) is 3. The van der Waals surface area contributed by atoms with Crippen molar-refractivity contribution in [1.29, 1.82) is 0 Å². The Kier molecular flexibility index (Phi) is 4.56. The second-order valence-corrected chi connectivity index (χ2v) is 7.25. The van der Waals surface area contributed by atoms with Crippen molar-refractivity contribution in [2.24, 2.45) is 0 Å². The third kappa shape index (κ3) is 4.65. The standard InChI is InChI=1S/C9H11N5O2S3/c10-7-1-3-8(4-2-7)17-5-6-19(15,16)12-9-11-13-14-18-9/h1-4H,5-6,10H2,(H,11,12,14). The van der Waals surface area contributed by atoms with Gasteiger partial charge in [0.15, 0.2) is 0 Å². The Bertz CT molecular complexity index is 612. The van der Waals surface area contributed by atoms with Crippen LogP contribution in [0.25, 0.3) is 0 Å². The summed E-state index contributed by atoms with van der Waals surface area (Å²) in [5.41, 5.74) is 6.25. The average molecular weight is 317 g/mol. The van der Waals surface area contributed by atoms with Crippen molar-refractivity contribution in [1.82, 2.24) is 14.8 Å². The smallest absolute Gasteiger partial charge is 0.238 e. The van der Waals surface area contributed by atoms with Gasteiger partial charge in [-0.1, -0.05) is 9.59 Å². The van der Waals surface area contributed by atoms with E-state index in [1.165, 1.54) is 11.8 Å². The van der Waals surface area contributed by atoms with Crippen molar-refractivity contribution in [3.05, 3.63) is 24.3 Å². The molecular formula is C9H11N5O2S3. The first-order valence-corrected chi connectivity index (χ1v) is 8.60. The molecule has 0 bridgehead atoms. The highest BCUT2D eigenvalue weighted by molar-refractivity contribution is 8.01. The summed E-state index contributed by atoms with van der Waals surface area (Å²) in [6.07, 6.45) is 0. The van der Waals surface area contributed by atoms with E-state index in [2.05, 4.69) is 19.5 Å². The molecule has 102 valence electrons. The molecule has 10 heteroatoms. The molecule has 2 rings (SSSR count). The molecule has 0 atom stereocenters. The van der Waals surface area contributed by atoms with Crippen LogP contribution in [0.4, 0.5) is 10.8 Å². The van der Waals surface area contributed by atoms with Gasteiger partial charge in [0, 0.05) is 27.9 Å². The van der Waals surface area contributed by atoms with E-state index < -0.39 is 10.0 Å². The molecule has 19 heavy (non-hydrogen) atoms. The minimum atomic E-state index is -3.41. The number of anilines is 2.